The molecule has 1 atom stereocenters. The molecule has 3 N–H and O–H groups in total. The summed E-state index contributed by atoms with van der Waals surface area (Å²) in [5.74, 6) is 0. The van der Waals surface area contributed by atoms with Crippen LogP contribution in [0.3, 0.4) is 0 Å². The second kappa shape index (κ2) is 10.9. The van der Waals surface area contributed by atoms with Gasteiger partial charge in [0.25, 0.3) is 0 Å². The molecule has 18 heavy (non-hydrogen) atoms. The molecule has 0 saturated carbocycles. The molecule has 0 aromatic heterocycles. The van der Waals surface area contributed by atoms with Crippen LogP contribution in [0.15, 0.2) is 0 Å². The van der Waals surface area contributed by atoms with E-state index >= 15 is 0 Å². The Hall–Kier alpha value is 0.0169. The van der Waals surface area contributed by atoms with Crippen molar-refractivity contribution in [3.63, 3.8) is 0 Å². The van der Waals surface area contributed by atoms with Crippen molar-refractivity contribution in [2.45, 2.75) is 44.7 Å². The monoisotopic (exact) mass is 278 g/mol. The Morgan fingerprint density at radius 2 is 1.72 bits per heavy atom. The van der Waals surface area contributed by atoms with Crippen molar-refractivity contribution in [2.75, 3.05) is 34.4 Å². The lowest BCUT2D eigenvalue weighted by molar-refractivity contribution is 0.123. The van der Waals surface area contributed by atoms with E-state index in [0.29, 0.717) is 0 Å². The van der Waals surface area contributed by atoms with Gasteiger partial charge in [0.1, 0.15) is 0 Å². The van der Waals surface area contributed by atoms with Gasteiger partial charge in [0.15, 0.2) is 0 Å². The molecule has 0 amide bonds. The van der Waals surface area contributed by atoms with Gasteiger partial charge in [-0.15, -0.1) is 0 Å². The van der Waals surface area contributed by atoms with E-state index in [1.807, 2.05) is 0 Å². The van der Waals surface area contributed by atoms with Crippen LogP contribution in [0.4, 0.5) is 0 Å². The topological polar surface area (TPSA) is 65.7 Å². The Morgan fingerprint density at radius 1 is 1.11 bits per heavy atom. The van der Waals surface area contributed by atoms with Crippen LogP contribution in [0.2, 0.25) is 6.04 Å². The van der Waals surface area contributed by atoms with Crippen LogP contribution in [-0.2, 0) is 13.3 Å². The van der Waals surface area contributed by atoms with Crippen molar-refractivity contribution in [1.82, 2.24) is 5.32 Å². The lowest BCUT2D eigenvalue weighted by atomic mass is 10.1. The van der Waals surface area contributed by atoms with E-state index in [2.05, 4.69) is 12.2 Å². The highest BCUT2D eigenvalue weighted by molar-refractivity contribution is 6.60. The predicted molar refractivity (Wildman–Crippen MR) is 76.6 cm³/mol. The lowest BCUT2D eigenvalue weighted by Gasteiger charge is -2.24. The van der Waals surface area contributed by atoms with Crippen LogP contribution in [0.5, 0.6) is 0 Å². The first kappa shape index (κ1) is 18.0. The maximum Gasteiger partial charge on any atom is 0.500 e. The van der Waals surface area contributed by atoms with E-state index in [1.54, 1.807) is 21.3 Å². The molecular weight excluding hydrogens is 248 g/mol. The summed E-state index contributed by atoms with van der Waals surface area (Å²) in [6.07, 6.45) is 4.48. The lowest BCUT2D eigenvalue weighted by Crippen LogP contribution is -2.43. The summed E-state index contributed by atoms with van der Waals surface area (Å²) in [4.78, 5) is 0. The Morgan fingerprint density at radius 3 is 2.22 bits per heavy atom. The number of unbranched alkanes of at least 4 members (excludes halogenated alkanes) is 1. The highest BCUT2D eigenvalue weighted by Gasteiger charge is 2.36. The Bertz CT molecular complexity index is 184. The number of nitrogens with one attached hydrogen (secondary N) is 1. The van der Waals surface area contributed by atoms with Crippen molar-refractivity contribution >= 4 is 8.80 Å². The van der Waals surface area contributed by atoms with Gasteiger partial charge in [0, 0.05) is 40.0 Å². The van der Waals surface area contributed by atoms with Gasteiger partial charge in [0.2, 0.25) is 0 Å². The maximum atomic E-state index is 5.98. The molecule has 0 fully saturated rings. The van der Waals surface area contributed by atoms with Gasteiger partial charge >= 0.3 is 8.80 Å². The molecule has 0 aromatic carbocycles. The van der Waals surface area contributed by atoms with Crippen molar-refractivity contribution in [3.05, 3.63) is 0 Å². The van der Waals surface area contributed by atoms with Gasteiger partial charge in [-0.3, -0.25) is 0 Å². The summed E-state index contributed by atoms with van der Waals surface area (Å²) in [5, 5.41) is 3.37. The molecule has 5 nitrogen and oxygen atoms in total. The minimum absolute atomic E-state index is 0.263. The highest BCUT2D eigenvalue weighted by atomic mass is 28.4. The Labute approximate surface area is 113 Å². The zero-order valence-corrected chi connectivity index (χ0v) is 13.3. The molecule has 110 valence electrons. The summed E-state index contributed by atoms with van der Waals surface area (Å²) in [6, 6.07) is 1.09. The summed E-state index contributed by atoms with van der Waals surface area (Å²) in [7, 11) is 2.55. The van der Waals surface area contributed by atoms with Crippen LogP contribution in [0.1, 0.15) is 32.6 Å². The molecule has 0 rings (SSSR count). The molecule has 0 aliphatic carbocycles. The highest BCUT2D eigenvalue weighted by Crippen LogP contribution is 2.14. The van der Waals surface area contributed by atoms with E-state index in [9.17, 15) is 0 Å². The van der Waals surface area contributed by atoms with Crippen molar-refractivity contribution in [2.24, 2.45) is 5.73 Å². The van der Waals surface area contributed by atoms with Crippen molar-refractivity contribution in [3.8, 4) is 0 Å². The van der Waals surface area contributed by atoms with Crippen LogP contribution in [0, 0.1) is 0 Å². The normalized spacial score (nSPS) is 13.8. The summed E-state index contributed by atoms with van der Waals surface area (Å²) in [5.41, 5.74) is 5.98. The smallest absolute Gasteiger partial charge is 0.377 e. The van der Waals surface area contributed by atoms with Crippen LogP contribution < -0.4 is 11.1 Å². The minimum Gasteiger partial charge on any atom is -0.377 e. The van der Waals surface area contributed by atoms with E-state index < -0.39 is 8.80 Å². The zero-order valence-electron chi connectivity index (χ0n) is 12.3. The fourth-order valence-corrected chi connectivity index (χ4v) is 3.56. The van der Waals surface area contributed by atoms with Gasteiger partial charge in [0.05, 0.1) is 0 Å². The van der Waals surface area contributed by atoms with Crippen LogP contribution in [-0.4, -0.2) is 49.3 Å². The van der Waals surface area contributed by atoms with Crippen LogP contribution in [0.25, 0.3) is 0 Å². The fraction of sp³-hybridized carbons (Fsp3) is 1.00. The maximum absolute atomic E-state index is 5.98. The number of rotatable bonds is 12. The average Bonchev–Trinajstić information content (AvgIpc) is 2.41. The van der Waals surface area contributed by atoms with Gasteiger partial charge in [-0.25, -0.2) is 0 Å². The second-order valence-electron chi connectivity index (χ2n) is 4.51. The molecular formula is C12H30N2O3Si. The molecule has 0 radical (unpaired) electrons. The predicted octanol–water partition coefficient (Wildman–Crippen LogP) is 1.36. The summed E-state index contributed by atoms with van der Waals surface area (Å²) < 4.78 is 16.1. The number of hydrogen-bond donors (Lipinski definition) is 2. The van der Waals surface area contributed by atoms with Gasteiger partial charge < -0.3 is 24.3 Å². The average molecular weight is 278 g/mol. The van der Waals surface area contributed by atoms with E-state index in [4.69, 9.17) is 19.0 Å². The largest absolute Gasteiger partial charge is 0.500 e. The van der Waals surface area contributed by atoms with E-state index in [-0.39, 0.29) is 6.04 Å². The van der Waals surface area contributed by atoms with E-state index in [1.165, 1.54) is 12.8 Å². The van der Waals surface area contributed by atoms with Gasteiger partial charge in [-0.05, 0) is 19.4 Å². The Balaban J connectivity index is 3.60. The second-order valence-corrected chi connectivity index (χ2v) is 7.60. The van der Waals surface area contributed by atoms with Gasteiger partial charge in [-0.2, -0.15) is 0 Å². The molecule has 0 bridgehead atoms. The first-order chi connectivity index (χ1) is 8.64. The third-order valence-corrected chi connectivity index (χ3v) is 5.94. The third-order valence-electron chi connectivity index (χ3n) is 3.10. The summed E-state index contributed by atoms with van der Waals surface area (Å²) in [6.45, 7) is 3.98. The number of nitrogens with two attached hydrogens (primary N) is 1. The van der Waals surface area contributed by atoms with E-state index in [0.717, 1.165) is 32.0 Å². The molecule has 0 aliphatic rings. The first-order valence-electron chi connectivity index (χ1n) is 6.75. The van der Waals surface area contributed by atoms with Crippen LogP contribution >= 0.6 is 0 Å². The molecule has 1 unspecified atom stereocenters. The molecule has 6 heteroatoms. The zero-order chi connectivity index (χ0) is 13.9. The first-order valence-corrected chi connectivity index (χ1v) is 8.69. The molecule has 0 aromatic rings. The molecule has 0 heterocycles. The SMILES string of the molecule is CCCCC(N)CNCCC[Si](OC)(OC)OC. The fourth-order valence-electron chi connectivity index (χ4n) is 1.84. The van der Waals surface area contributed by atoms with Crippen molar-refractivity contribution < 1.29 is 13.3 Å². The molecule has 0 spiro atoms. The minimum atomic E-state index is -2.39. The van der Waals surface area contributed by atoms with Gasteiger partial charge in [-0.1, -0.05) is 19.8 Å². The molecule has 0 aliphatic heterocycles. The summed E-state index contributed by atoms with van der Waals surface area (Å²) >= 11 is 0. The van der Waals surface area contributed by atoms with Crippen molar-refractivity contribution in [1.29, 1.82) is 0 Å². The molecule has 0 saturated heterocycles. The number of hydrogen-bond acceptors (Lipinski definition) is 5. The third kappa shape index (κ3) is 7.45. The quantitative estimate of drug-likeness (QED) is 0.417. The standard InChI is InChI=1S/C12H30N2O3Si/c1-5-6-8-12(13)11-14-9-7-10-18(15-2,16-3)17-4/h12,14H,5-11,13H2,1-4H3. The Kier molecular flexibility index (Phi) is 10.9.